The van der Waals surface area contributed by atoms with Gasteiger partial charge in [-0.1, -0.05) is 18.2 Å². The fraction of sp³-hybridized carbons (Fsp3) is 0.111. The van der Waals surface area contributed by atoms with Crippen LogP contribution in [0.1, 0.15) is 15.9 Å². The molecule has 0 saturated carbocycles. The minimum absolute atomic E-state index is 0.154. The van der Waals surface area contributed by atoms with Gasteiger partial charge in [-0.3, -0.25) is 14.6 Å². The molecule has 0 aliphatic rings. The number of carbonyl (C=O) groups is 1. The molecule has 0 unspecified atom stereocenters. The van der Waals surface area contributed by atoms with Gasteiger partial charge < -0.3 is 5.32 Å². The van der Waals surface area contributed by atoms with Crippen LogP contribution in [0.4, 0.5) is 0 Å². The minimum Gasteiger partial charge on any atom is -0.348 e. The third kappa shape index (κ3) is 3.55. The van der Waals surface area contributed by atoms with Crippen molar-refractivity contribution in [3.8, 4) is 11.3 Å². The van der Waals surface area contributed by atoms with Gasteiger partial charge in [-0.25, -0.2) is 4.68 Å². The van der Waals surface area contributed by atoms with Crippen LogP contribution in [0.3, 0.4) is 0 Å². The Bertz CT molecular complexity index is 902. The zero-order chi connectivity index (χ0) is 16.9. The second-order valence-electron chi connectivity index (χ2n) is 5.30. The molecular weight excluding hydrogens is 304 g/mol. The van der Waals surface area contributed by atoms with E-state index in [1.165, 1.54) is 10.7 Å². The van der Waals surface area contributed by atoms with Gasteiger partial charge in [-0.2, -0.15) is 5.10 Å². The van der Waals surface area contributed by atoms with Crippen LogP contribution in [-0.2, 0) is 13.6 Å². The number of nitrogens with zero attached hydrogens (tertiary/aromatic N) is 3. The van der Waals surface area contributed by atoms with Crippen LogP contribution in [0.25, 0.3) is 11.3 Å². The topological polar surface area (TPSA) is 76.9 Å². The van der Waals surface area contributed by atoms with Crippen LogP contribution in [0.15, 0.2) is 65.7 Å². The molecule has 3 aromatic rings. The minimum atomic E-state index is -0.162. The first-order chi connectivity index (χ1) is 11.6. The van der Waals surface area contributed by atoms with Gasteiger partial charge in [0.05, 0.1) is 5.69 Å². The predicted octanol–water partition coefficient (Wildman–Crippen LogP) is 1.77. The Balaban J connectivity index is 1.70. The summed E-state index contributed by atoms with van der Waals surface area (Å²) < 4.78 is 1.28. The van der Waals surface area contributed by atoms with Crippen molar-refractivity contribution < 1.29 is 4.79 Å². The second-order valence-corrected chi connectivity index (χ2v) is 5.30. The van der Waals surface area contributed by atoms with Crippen LogP contribution in [0, 0.1) is 0 Å². The molecule has 3 rings (SSSR count). The Morgan fingerprint density at radius 1 is 1.12 bits per heavy atom. The maximum atomic E-state index is 12.2. The molecule has 6 heteroatoms. The molecule has 0 atom stereocenters. The van der Waals surface area contributed by atoms with Crippen molar-refractivity contribution in [1.82, 2.24) is 20.1 Å². The van der Waals surface area contributed by atoms with E-state index in [1.54, 1.807) is 37.6 Å². The number of hydrogen-bond donors (Lipinski definition) is 1. The van der Waals surface area contributed by atoms with Gasteiger partial charge in [0.2, 0.25) is 0 Å². The Kier molecular flexibility index (Phi) is 4.47. The predicted molar refractivity (Wildman–Crippen MR) is 90.3 cm³/mol. The smallest absolute Gasteiger partial charge is 0.266 e. The number of aryl methyl sites for hydroxylation is 1. The summed E-state index contributed by atoms with van der Waals surface area (Å²) in [6, 6.07) is 14.0. The highest BCUT2D eigenvalue weighted by molar-refractivity contribution is 5.94. The van der Waals surface area contributed by atoms with Gasteiger partial charge in [-0.05, 0) is 29.8 Å². The number of carbonyl (C=O) groups excluding carboxylic acids is 1. The Labute approximate surface area is 138 Å². The molecule has 24 heavy (non-hydrogen) atoms. The lowest BCUT2D eigenvalue weighted by molar-refractivity contribution is 0.0951. The first-order valence-electron chi connectivity index (χ1n) is 7.45. The Morgan fingerprint density at radius 2 is 1.92 bits per heavy atom. The van der Waals surface area contributed by atoms with E-state index in [1.807, 2.05) is 24.3 Å². The van der Waals surface area contributed by atoms with Gasteiger partial charge in [0, 0.05) is 43.2 Å². The number of amides is 1. The van der Waals surface area contributed by atoms with E-state index >= 15 is 0 Å². The lowest BCUT2D eigenvalue weighted by atomic mass is 10.1. The van der Waals surface area contributed by atoms with Crippen LogP contribution in [0.2, 0.25) is 0 Å². The van der Waals surface area contributed by atoms with E-state index in [0.717, 1.165) is 11.1 Å². The van der Waals surface area contributed by atoms with Crippen molar-refractivity contribution in [2.75, 3.05) is 0 Å². The van der Waals surface area contributed by atoms with Gasteiger partial charge in [0.25, 0.3) is 11.5 Å². The van der Waals surface area contributed by atoms with E-state index in [9.17, 15) is 9.59 Å². The number of aromatic nitrogens is 3. The summed E-state index contributed by atoms with van der Waals surface area (Å²) in [6.45, 7) is 0.427. The standard InChI is InChI=1S/C18H16N4O2/c1-22-17(23)9-8-16(21-22)14-4-6-15(7-5-14)18(24)20-12-13-3-2-10-19-11-13/h2-11H,12H2,1H3,(H,20,24). The van der Waals surface area contributed by atoms with E-state index in [0.29, 0.717) is 17.8 Å². The van der Waals surface area contributed by atoms with Crippen molar-refractivity contribution in [2.24, 2.45) is 7.05 Å². The SMILES string of the molecule is Cn1nc(-c2ccc(C(=O)NCc3cccnc3)cc2)ccc1=O. The van der Waals surface area contributed by atoms with Crippen molar-refractivity contribution in [3.63, 3.8) is 0 Å². The lowest BCUT2D eigenvalue weighted by Crippen LogP contribution is -2.22. The number of rotatable bonds is 4. The van der Waals surface area contributed by atoms with E-state index < -0.39 is 0 Å². The van der Waals surface area contributed by atoms with E-state index in [2.05, 4.69) is 15.4 Å². The average Bonchev–Trinajstić information content (AvgIpc) is 2.63. The number of hydrogen-bond acceptors (Lipinski definition) is 4. The molecule has 1 N–H and O–H groups in total. The molecule has 0 aliphatic carbocycles. The first kappa shape index (κ1) is 15.6. The number of pyridine rings is 1. The van der Waals surface area contributed by atoms with Crippen molar-refractivity contribution in [2.45, 2.75) is 6.54 Å². The quantitative estimate of drug-likeness (QED) is 0.795. The average molecular weight is 320 g/mol. The molecule has 0 fully saturated rings. The molecule has 2 aromatic heterocycles. The fourth-order valence-electron chi connectivity index (χ4n) is 2.24. The normalized spacial score (nSPS) is 10.4. The molecule has 6 nitrogen and oxygen atoms in total. The number of nitrogens with one attached hydrogen (secondary N) is 1. The third-order valence-electron chi connectivity index (χ3n) is 3.58. The van der Waals surface area contributed by atoms with Crippen molar-refractivity contribution in [3.05, 3.63) is 82.4 Å². The first-order valence-corrected chi connectivity index (χ1v) is 7.45. The van der Waals surface area contributed by atoms with E-state index in [-0.39, 0.29) is 11.5 Å². The summed E-state index contributed by atoms with van der Waals surface area (Å²) in [5, 5.41) is 7.04. The largest absolute Gasteiger partial charge is 0.348 e. The van der Waals surface area contributed by atoms with Gasteiger partial charge in [-0.15, -0.1) is 0 Å². The molecule has 0 bridgehead atoms. The zero-order valence-corrected chi connectivity index (χ0v) is 13.1. The third-order valence-corrected chi connectivity index (χ3v) is 3.58. The molecular formula is C18H16N4O2. The molecule has 120 valence electrons. The molecule has 1 aromatic carbocycles. The van der Waals surface area contributed by atoms with Gasteiger partial charge in [0.15, 0.2) is 0 Å². The molecule has 0 radical (unpaired) electrons. The maximum absolute atomic E-state index is 12.2. The Hall–Kier alpha value is -3.28. The van der Waals surface area contributed by atoms with Crippen LogP contribution in [-0.4, -0.2) is 20.7 Å². The lowest BCUT2D eigenvalue weighted by Gasteiger charge is -2.07. The van der Waals surface area contributed by atoms with E-state index in [4.69, 9.17) is 0 Å². The highest BCUT2D eigenvalue weighted by Crippen LogP contribution is 2.16. The maximum Gasteiger partial charge on any atom is 0.266 e. The molecule has 0 spiro atoms. The number of benzene rings is 1. The summed E-state index contributed by atoms with van der Waals surface area (Å²) in [7, 11) is 1.60. The molecule has 0 aliphatic heterocycles. The summed E-state index contributed by atoms with van der Waals surface area (Å²) in [6.07, 6.45) is 3.41. The zero-order valence-electron chi connectivity index (χ0n) is 13.1. The van der Waals surface area contributed by atoms with Crippen LogP contribution < -0.4 is 10.9 Å². The summed E-state index contributed by atoms with van der Waals surface area (Å²) >= 11 is 0. The Morgan fingerprint density at radius 3 is 2.58 bits per heavy atom. The van der Waals surface area contributed by atoms with Crippen LogP contribution in [0.5, 0.6) is 0 Å². The van der Waals surface area contributed by atoms with Crippen molar-refractivity contribution in [1.29, 1.82) is 0 Å². The highest BCUT2D eigenvalue weighted by Gasteiger charge is 2.07. The summed E-state index contributed by atoms with van der Waals surface area (Å²) in [5.74, 6) is -0.154. The highest BCUT2D eigenvalue weighted by atomic mass is 16.1. The second kappa shape index (κ2) is 6.87. The summed E-state index contributed by atoms with van der Waals surface area (Å²) in [4.78, 5) is 27.6. The molecule has 0 saturated heterocycles. The van der Waals surface area contributed by atoms with Gasteiger partial charge in [0.1, 0.15) is 0 Å². The van der Waals surface area contributed by atoms with Crippen molar-refractivity contribution >= 4 is 5.91 Å². The summed E-state index contributed by atoms with van der Waals surface area (Å²) in [5.41, 5.74) is 2.86. The monoisotopic (exact) mass is 320 g/mol. The van der Waals surface area contributed by atoms with Gasteiger partial charge >= 0.3 is 0 Å². The molecule has 1 amide bonds. The van der Waals surface area contributed by atoms with Crippen LogP contribution >= 0.6 is 0 Å². The fourth-order valence-corrected chi connectivity index (χ4v) is 2.24. The molecule has 2 heterocycles.